The molecule has 0 aliphatic rings. The van der Waals surface area contributed by atoms with Gasteiger partial charge < -0.3 is 15.8 Å². The van der Waals surface area contributed by atoms with E-state index in [0.717, 1.165) is 20.3 Å². The molecule has 0 aliphatic heterocycles. The monoisotopic (exact) mass is 522 g/mol. The molecule has 3 N–H and O–H groups in total. The molecule has 0 saturated heterocycles. The van der Waals surface area contributed by atoms with E-state index < -0.39 is 27.3 Å². The number of hydrogen-bond donors (Lipinski definition) is 2. The minimum atomic E-state index is -2.87. The highest BCUT2D eigenvalue weighted by molar-refractivity contribution is 14.2. The van der Waals surface area contributed by atoms with Crippen molar-refractivity contribution in [3.8, 4) is 17.1 Å². The van der Waals surface area contributed by atoms with Gasteiger partial charge in [-0.25, -0.2) is 14.5 Å². The van der Waals surface area contributed by atoms with Crippen LogP contribution in [-0.2, 0) is 0 Å². The smallest absolute Gasteiger partial charge is 0.387 e. The Balaban J connectivity index is 1.76. The number of aryl methyl sites for hydroxylation is 1. The van der Waals surface area contributed by atoms with Crippen molar-refractivity contribution in [3.05, 3.63) is 57.9 Å². The van der Waals surface area contributed by atoms with Crippen molar-refractivity contribution in [2.75, 3.05) is 11.1 Å². The lowest BCUT2D eigenvalue weighted by Gasteiger charge is -2.13. The van der Waals surface area contributed by atoms with Crippen LogP contribution in [-0.4, -0.2) is 30.7 Å². The van der Waals surface area contributed by atoms with E-state index in [4.69, 9.17) is 10.7 Å². The Bertz CT molecular complexity index is 1230. The normalized spacial score (nSPS) is 11.2. The Morgan fingerprint density at radius 3 is 2.63 bits per heavy atom. The van der Waals surface area contributed by atoms with Crippen LogP contribution >= 0.6 is 20.7 Å². The third-order valence-corrected chi connectivity index (χ3v) is 6.12. The van der Waals surface area contributed by atoms with Crippen LogP contribution < -0.4 is 15.8 Å². The van der Waals surface area contributed by atoms with Gasteiger partial charge in [0.15, 0.2) is 5.82 Å². The van der Waals surface area contributed by atoms with E-state index in [1.165, 1.54) is 12.1 Å². The Kier molecular flexibility index (Phi) is 5.57. The number of aromatic nitrogens is 4. The third-order valence-electron chi connectivity index (χ3n) is 4.29. The van der Waals surface area contributed by atoms with Crippen molar-refractivity contribution < 1.29 is 13.5 Å². The number of alkyl halides is 2. The first-order valence-corrected chi connectivity index (χ1v) is 11.4. The van der Waals surface area contributed by atoms with E-state index >= 15 is 0 Å². The third kappa shape index (κ3) is 3.95. The molecular weight excluding hydrogens is 505 g/mol. The summed E-state index contributed by atoms with van der Waals surface area (Å²) in [6.45, 7) is -0.983. The van der Waals surface area contributed by atoms with Crippen LogP contribution in [0.25, 0.3) is 16.9 Å². The number of nitrogens with two attached hydrogens (primary N) is 1. The van der Waals surface area contributed by atoms with Gasteiger partial charge in [-0.1, -0.05) is 31.3 Å². The van der Waals surface area contributed by atoms with Gasteiger partial charge in [-0.05, 0) is 43.3 Å². The number of rotatable bonds is 6. The quantitative estimate of drug-likeness (QED) is 0.360. The molecule has 154 valence electrons. The lowest BCUT2D eigenvalue weighted by atomic mass is 10.2. The summed E-state index contributed by atoms with van der Waals surface area (Å²) in [5.41, 5.74) is 9.31. The second-order valence-electron chi connectivity index (χ2n) is 6.25. The fourth-order valence-corrected chi connectivity index (χ4v) is 4.17. The molecule has 0 spiro atoms. The fourth-order valence-electron chi connectivity index (χ4n) is 3.04. The summed E-state index contributed by atoms with van der Waals surface area (Å²) in [6, 6.07) is 11.9. The lowest BCUT2D eigenvalue weighted by Crippen LogP contribution is -2.06. The van der Waals surface area contributed by atoms with Gasteiger partial charge in [-0.2, -0.15) is 13.9 Å². The molecule has 0 fully saturated rings. The van der Waals surface area contributed by atoms with Crippen LogP contribution in [0.4, 0.5) is 26.1 Å². The topological polar surface area (TPSA) is 90.4 Å². The predicted molar refractivity (Wildman–Crippen MR) is 122 cm³/mol. The van der Waals surface area contributed by atoms with Crippen molar-refractivity contribution in [2.24, 2.45) is 0 Å². The lowest BCUT2D eigenvalue weighted by molar-refractivity contribution is -0.0498. The number of pyridine rings is 1. The maximum absolute atomic E-state index is 12.4. The first kappa shape index (κ1) is 20.1. The summed E-state index contributed by atoms with van der Waals surface area (Å²) in [5, 5.41) is 7.70. The van der Waals surface area contributed by atoms with E-state index in [9.17, 15) is 8.78 Å². The molecule has 0 bridgehead atoms. The first-order chi connectivity index (χ1) is 14.5. The molecule has 4 aromatic rings. The van der Waals surface area contributed by atoms with Gasteiger partial charge in [-0.3, -0.25) is 0 Å². The van der Waals surface area contributed by atoms with Gasteiger partial charge in [0, 0.05) is 11.9 Å². The van der Waals surface area contributed by atoms with E-state index in [1.54, 1.807) is 16.6 Å². The minimum absolute atomic E-state index is 0.0743. The molecule has 30 heavy (non-hydrogen) atoms. The molecule has 0 aliphatic carbocycles. The Morgan fingerprint density at radius 1 is 1.17 bits per heavy atom. The average Bonchev–Trinajstić information content (AvgIpc) is 3.04. The van der Waals surface area contributed by atoms with E-state index in [-0.39, 0.29) is 5.75 Å². The average molecular weight is 522 g/mol. The largest absolute Gasteiger partial charge is 0.435 e. The number of halogens is 3. The van der Waals surface area contributed by atoms with Crippen LogP contribution in [0.1, 0.15) is 5.69 Å². The molecule has 3 heterocycles. The fraction of sp³-hybridized carbons (Fsp3) is 0.100. The van der Waals surface area contributed by atoms with E-state index in [2.05, 4.69) is 24.7 Å². The molecule has 0 unspecified atom stereocenters. The van der Waals surface area contributed by atoms with E-state index in [1.807, 2.05) is 31.3 Å². The van der Waals surface area contributed by atoms with Gasteiger partial charge >= 0.3 is 6.61 Å². The van der Waals surface area contributed by atoms with Crippen LogP contribution in [0.3, 0.4) is 0 Å². The molecule has 0 amide bonds. The number of anilines is 3. The van der Waals surface area contributed by atoms with Gasteiger partial charge in [0.05, 0.1) is 20.3 Å². The number of ether oxygens (including phenoxy) is 1. The summed E-state index contributed by atoms with van der Waals surface area (Å²) < 4.78 is 35.6. The van der Waals surface area contributed by atoms with Crippen molar-refractivity contribution in [2.45, 2.75) is 13.5 Å². The Morgan fingerprint density at radius 2 is 1.93 bits per heavy atom. The summed E-state index contributed by atoms with van der Waals surface area (Å²) in [5.74, 6) is 1.42. The van der Waals surface area contributed by atoms with Crippen molar-refractivity contribution in [3.63, 3.8) is 0 Å². The van der Waals surface area contributed by atoms with Gasteiger partial charge in [0.2, 0.25) is 0 Å². The van der Waals surface area contributed by atoms with E-state index in [0.29, 0.717) is 23.1 Å². The molecular formula is C20H17F2IN6O. The number of fused-ring (bicyclic) bond motifs is 1. The zero-order valence-electron chi connectivity index (χ0n) is 15.8. The highest BCUT2D eigenvalue weighted by Gasteiger charge is 2.18. The first-order valence-electron chi connectivity index (χ1n) is 8.78. The standard InChI is InChI=1S/C20H17F2IN6O/c1-11-15(14-5-3-4-10-29(14)28-11)18-26-17(24)16(23-2)19(27-18)25-12-6-8-13(9-7-12)30-20(21)22/h3-10,20H,2H2,1H3,(H3,24,25,26,27). The zero-order chi connectivity index (χ0) is 21.3. The summed E-state index contributed by atoms with van der Waals surface area (Å²) in [6.07, 6.45) is 1.85. The molecule has 3 aromatic heterocycles. The summed E-state index contributed by atoms with van der Waals surface area (Å²) in [7, 11) is 0. The number of nitrogen functional groups attached to an aromatic ring is 1. The number of benzene rings is 1. The second-order valence-corrected chi connectivity index (χ2v) is 8.09. The van der Waals surface area contributed by atoms with Crippen LogP contribution in [0.2, 0.25) is 0 Å². The van der Waals surface area contributed by atoms with Crippen molar-refractivity contribution in [1.29, 1.82) is 0 Å². The molecule has 0 radical (unpaired) electrons. The van der Waals surface area contributed by atoms with Crippen molar-refractivity contribution >= 4 is 48.1 Å². The highest BCUT2D eigenvalue weighted by atomic mass is 127. The maximum atomic E-state index is 12.4. The molecule has 0 saturated carbocycles. The Labute approximate surface area is 180 Å². The van der Waals surface area contributed by atoms with Gasteiger partial charge in [-0.15, -0.1) is 0 Å². The molecule has 10 heteroatoms. The summed E-state index contributed by atoms with van der Waals surface area (Å²) in [4.78, 5) is 9.21. The molecule has 4 rings (SSSR count). The van der Waals surface area contributed by atoms with Gasteiger partial charge in [0.25, 0.3) is 0 Å². The van der Waals surface area contributed by atoms with Crippen molar-refractivity contribution in [1.82, 2.24) is 19.6 Å². The maximum Gasteiger partial charge on any atom is 0.387 e. The second kappa shape index (κ2) is 8.30. The minimum Gasteiger partial charge on any atom is -0.435 e. The number of hydrogen-bond acceptors (Lipinski definition) is 6. The van der Waals surface area contributed by atoms with Crippen LogP contribution in [0.15, 0.2) is 48.7 Å². The van der Waals surface area contributed by atoms with Gasteiger partial charge in [0.1, 0.15) is 17.4 Å². The summed E-state index contributed by atoms with van der Waals surface area (Å²) >= 11 is -0.672. The Hall–Kier alpha value is -3.15. The van der Waals surface area contributed by atoms with Crippen LogP contribution in [0.5, 0.6) is 5.75 Å². The molecule has 1 aromatic carbocycles. The molecule has 7 nitrogen and oxygen atoms in total. The zero-order valence-corrected chi connectivity index (χ0v) is 18.0. The SMILES string of the molecule is C=Ic1c(N)nc(-c2c(C)nn3ccccc23)nc1Nc1ccc(OC(F)F)cc1. The number of nitrogens with zero attached hydrogens (tertiary/aromatic N) is 4. The number of nitrogens with one attached hydrogen (secondary N) is 1. The molecule has 0 atom stereocenters. The highest BCUT2D eigenvalue weighted by Crippen LogP contribution is 2.33. The predicted octanol–water partition coefficient (Wildman–Crippen LogP) is 4.60. The van der Waals surface area contributed by atoms with Crippen LogP contribution in [0, 0.1) is 10.5 Å².